The molecular formula is C17H25BrN2. The molecule has 1 atom stereocenters. The molecule has 1 unspecified atom stereocenters. The second-order valence-electron chi connectivity index (χ2n) is 6.26. The SMILES string of the molecule is CNCc1ccc(N2CCCC2C2CCCC2)c(Br)c1. The van der Waals surface area contributed by atoms with E-state index in [1.54, 1.807) is 0 Å². The first-order valence-corrected chi connectivity index (χ1v) is 8.78. The van der Waals surface area contributed by atoms with Crippen LogP contribution in [0.2, 0.25) is 0 Å². The van der Waals surface area contributed by atoms with Crippen LogP contribution >= 0.6 is 15.9 Å². The molecule has 20 heavy (non-hydrogen) atoms. The van der Waals surface area contributed by atoms with E-state index in [1.165, 1.54) is 60.8 Å². The normalized spacial score (nSPS) is 23.7. The molecule has 0 amide bonds. The lowest BCUT2D eigenvalue weighted by molar-refractivity contribution is 0.430. The zero-order valence-corrected chi connectivity index (χ0v) is 14.0. The molecule has 3 rings (SSSR count). The maximum atomic E-state index is 3.79. The molecule has 1 aromatic rings. The van der Waals surface area contributed by atoms with E-state index in [0.29, 0.717) is 0 Å². The third kappa shape index (κ3) is 2.89. The summed E-state index contributed by atoms with van der Waals surface area (Å²) in [6.07, 6.45) is 8.50. The topological polar surface area (TPSA) is 15.3 Å². The Bertz CT molecular complexity index is 454. The Labute approximate surface area is 131 Å². The quantitative estimate of drug-likeness (QED) is 0.880. The first kappa shape index (κ1) is 14.4. The summed E-state index contributed by atoms with van der Waals surface area (Å²) in [4.78, 5) is 2.67. The van der Waals surface area contributed by atoms with E-state index in [9.17, 15) is 0 Å². The van der Waals surface area contributed by atoms with Gasteiger partial charge in [-0.05, 0) is 72.3 Å². The minimum atomic E-state index is 0.781. The van der Waals surface area contributed by atoms with E-state index >= 15 is 0 Å². The van der Waals surface area contributed by atoms with Gasteiger partial charge in [0.2, 0.25) is 0 Å². The first-order chi connectivity index (χ1) is 9.79. The summed E-state index contributed by atoms with van der Waals surface area (Å²) in [5.41, 5.74) is 2.75. The van der Waals surface area contributed by atoms with Gasteiger partial charge in [0, 0.05) is 23.6 Å². The monoisotopic (exact) mass is 336 g/mol. The van der Waals surface area contributed by atoms with Crippen molar-refractivity contribution in [1.82, 2.24) is 5.32 Å². The Morgan fingerprint density at radius 1 is 1.20 bits per heavy atom. The van der Waals surface area contributed by atoms with Gasteiger partial charge in [-0.2, -0.15) is 0 Å². The van der Waals surface area contributed by atoms with Crippen molar-refractivity contribution >= 4 is 21.6 Å². The van der Waals surface area contributed by atoms with Crippen LogP contribution in [0.1, 0.15) is 44.1 Å². The van der Waals surface area contributed by atoms with Crippen molar-refractivity contribution in [3.8, 4) is 0 Å². The molecule has 0 aromatic heterocycles. The van der Waals surface area contributed by atoms with Gasteiger partial charge in [0.15, 0.2) is 0 Å². The largest absolute Gasteiger partial charge is 0.367 e. The van der Waals surface area contributed by atoms with Gasteiger partial charge in [0.1, 0.15) is 0 Å². The molecule has 0 radical (unpaired) electrons. The van der Waals surface area contributed by atoms with Gasteiger partial charge in [-0.15, -0.1) is 0 Å². The number of halogens is 1. The molecule has 1 aliphatic carbocycles. The zero-order chi connectivity index (χ0) is 13.9. The third-order valence-corrected chi connectivity index (χ3v) is 5.58. The summed E-state index contributed by atoms with van der Waals surface area (Å²) in [5.74, 6) is 0.932. The molecule has 2 fully saturated rings. The van der Waals surface area contributed by atoms with Gasteiger partial charge in [-0.1, -0.05) is 18.9 Å². The van der Waals surface area contributed by atoms with E-state index in [2.05, 4.69) is 44.3 Å². The van der Waals surface area contributed by atoms with E-state index in [1.807, 2.05) is 7.05 Å². The molecule has 1 saturated heterocycles. The van der Waals surface area contributed by atoms with Gasteiger partial charge < -0.3 is 10.2 Å². The lowest BCUT2D eigenvalue weighted by atomic mass is 9.95. The lowest BCUT2D eigenvalue weighted by Crippen LogP contribution is -2.34. The van der Waals surface area contributed by atoms with Crippen LogP contribution in [0.15, 0.2) is 22.7 Å². The van der Waals surface area contributed by atoms with E-state index in [0.717, 1.165) is 18.5 Å². The third-order valence-electron chi connectivity index (χ3n) is 4.95. The van der Waals surface area contributed by atoms with E-state index < -0.39 is 0 Å². The lowest BCUT2D eigenvalue weighted by Gasteiger charge is -2.32. The average molecular weight is 337 g/mol. The second-order valence-corrected chi connectivity index (χ2v) is 7.12. The van der Waals surface area contributed by atoms with Crippen LogP contribution in [-0.4, -0.2) is 19.6 Å². The van der Waals surface area contributed by atoms with Crippen LogP contribution in [0.4, 0.5) is 5.69 Å². The summed E-state index contributed by atoms with van der Waals surface area (Å²) in [5, 5.41) is 3.22. The minimum Gasteiger partial charge on any atom is -0.367 e. The maximum Gasteiger partial charge on any atom is 0.0513 e. The standard InChI is InChI=1S/C17H25BrN2/c1-19-12-13-8-9-17(15(18)11-13)20-10-4-7-16(20)14-5-2-3-6-14/h8-9,11,14,16,19H,2-7,10,12H2,1H3. The van der Waals surface area contributed by atoms with Crippen LogP contribution in [0.3, 0.4) is 0 Å². The molecule has 2 nitrogen and oxygen atoms in total. The Morgan fingerprint density at radius 3 is 2.70 bits per heavy atom. The fourth-order valence-electron chi connectivity index (χ4n) is 4.02. The Kier molecular flexibility index (Phi) is 4.67. The van der Waals surface area contributed by atoms with E-state index in [4.69, 9.17) is 0 Å². The van der Waals surface area contributed by atoms with Gasteiger partial charge in [-0.3, -0.25) is 0 Å². The number of nitrogens with zero attached hydrogens (tertiary/aromatic N) is 1. The summed E-state index contributed by atoms with van der Waals surface area (Å²) in [6, 6.07) is 7.63. The van der Waals surface area contributed by atoms with Crippen molar-refractivity contribution in [2.24, 2.45) is 5.92 Å². The predicted octanol–water partition coefficient (Wildman–Crippen LogP) is 4.33. The number of hydrogen-bond acceptors (Lipinski definition) is 2. The van der Waals surface area contributed by atoms with Gasteiger partial charge >= 0.3 is 0 Å². The maximum absolute atomic E-state index is 3.79. The summed E-state index contributed by atoms with van der Waals surface area (Å²) in [7, 11) is 2.00. The van der Waals surface area contributed by atoms with Gasteiger partial charge in [0.05, 0.1) is 5.69 Å². The van der Waals surface area contributed by atoms with Crippen molar-refractivity contribution in [1.29, 1.82) is 0 Å². The minimum absolute atomic E-state index is 0.781. The zero-order valence-electron chi connectivity index (χ0n) is 12.4. The van der Waals surface area contributed by atoms with Crippen LogP contribution in [0, 0.1) is 5.92 Å². The number of anilines is 1. The Morgan fingerprint density at radius 2 is 2.00 bits per heavy atom. The highest BCUT2D eigenvalue weighted by Gasteiger charge is 2.33. The molecule has 0 bridgehead atoms. The van der Waals surface area contributed by atoms with Crippen molar-refractivity contribution < 1.29 is 0 Å². The summed E-state index contributed by atoms with van der Waals surface area (Å²) in [6.45, 7) is 2.16. The van der Waals surface area contributed by atoms with Gasteiger partial charge in [0.25, 0.3) is 0 Å². The second kappa shape index (κ2) is 6.48. The summed E-state index contributed by atoms with van der Waals surface area (Å²) < 4.78 is 1.26. The molecule has 0 spiro atoms. The van der Waals surface area contributed by atoms with Crippen LogP contribution in [0.5, 0.6) is 0 Å². The molecular weight excluding hydrogens is 312 g/mol. The fraction of sp³-hybridized carbons (Fsp3) is 0.647. The van der Waals surface area contributed by atoms with Crippen LogP contribution in [0.25, 0.3) is 0 Å². The van der Waals surface area contributed by atoms with Crippen molar-refractivity contribution in [3.05, 3.63) is 28.2 Å². The molecule has 3 heteroatoms. The van der Waals surface area contributed by atoms with E-state index in [-0.39, 0.29) is 0 Å². The highest BCUT2D eigenvalue weighted by Crippen LogP contribution is 2.40. The smallest absolute Gasteiger partial charge is 0.0513 e. The molecule has 1 aromatic carbocycles. The predicted molar refractivity (Wildman–Crippen MR) is 89.2 cm³/mol. The molecule has 110 valence electrons. The molecule has 2 aliphatic rings. The number of hydrogen-bond donors (Lipinski definition) is 1. The molecule has 1 N–H and O–H groups in total. The molecule has 1 heterocycles. The van der Waals surface area contributed by atoms with Crippen molar-refractivity contribution in [2.75, 3.05) is 18.5 Å². The highest BCUT2D eigenvalue weighted by atomic mass is 79.9. The summed E-state index contributed by atoms with van der Waals surface area (Å²) >= 11 is 3.79. The highest BCUT2D eigenvalue weighted by molar-refractivity contribution is 9.10. The average Bonchev–Trinajstić information content (AvgIpc) is 3.10. The van der Waals surface area contributed by atoms with Gasteiger partial charge in [-0.25, -0.2) is 0 Å². The number of nitrogens with one attached hydrogen (secondary N) is 1. The van der Waals surface area contributed by atoms with Crippen molar-refractivity contribution in [3.63, 3.8) is 0 Å². The number of benzene rings is 1. The Hall–Kier alpha value is -0.540. The first-order valence-electron chi connectivity index (χ1n) is 7.99. The van der Waals surface area contributed by atoms with Crippen LogP contribution in [-0.2, 0) is 6.54 Å². The number of rotatable bonds is 4. The molecule has 1 aliphatic heterocycles. The van der Waals surface area contributed by atoms with Crippen LogP contribution < -0.4 is 10.2 Å². The molecule has 1 saturated carbocycles. The Balaban J connectivity index is 1.80. The fourth-order valence-corrected chi connectivity index (χ4v) is 4.68. The van der Waals surface area contributed by atoms with Crippen molar-refractivity contribution in [2.45, 2.75) is 51.1 Å².